The first-order chi connectivity index (χ1) is 11.1. The minimum absolute atomic E-state index is 0.234. The van der Waals surface area contributed by atoms with Crippen LogP contribution in [0.4, 0.5) is 11.5 Å². The van der Waals surface area contributed by atoms with Crippen LogP contribution in [-0.4, -0.2) is 21.9 Å². The lowest BCUT2D eigenvalue weighted by Gasteiger charge is -2.13. The van der Waals surface area contributed by atoms with Gasteiger partial charge in [0, 0.05) is 11.7 Å². The summed E-state index contributed by atoms with van der Waals surface area (Å²) in [7, 11) is 0. The molecule has 1 heterocycles. The summed E-state index contributed by atoms with van der Waals surface area (Å²) in [5.41, 5.74) is 3.23. The molecule has 1 aliphatic carbocycles. The van der Waals surface area contributed by atoms with E-state index in [0.717, 1.165) is 22.6 Å². The summed E-state index contributed by atoms with van der Waals surface area (Å²) < 4.78 is 0. The number of carbonyl (C=O) groups excluding carboxylic acids is 1. The average molecular weight is 310 g/mol. The van der Waals surface area contributed by atoms with E-state index in [2.05, 4.69) is 20.6 Å². The number of benzene rings is 1. The van der Waals surface area contributed by atoms with Gasteiger partial charge in [-0.15, -0.1) is 0 Å². The molecular formula is C18H22N4O. The van der Waals surface area contributed by atoms with Gasteiger partial charge in [-0.1, -0.05) is 31.0 Å². The van der Waals surface area contributed by atoms with Crippen LogP contribution in [0.1, 0.15) is 47.3 Å². The molecule has 2 aromatic rings. The van der Waals surface area contributed by atoms with Crippen LogP contribution >= 0.6 is 0 Å². The quantitative estimate of drug-likeness (QED) is 0.903. The minimum Gasteiger partial charge on any atom is -0.366 e. The number of nitrogens with one attached hydrogen (secondary N) is 2. The van der Waals surface area contributed by atoms with Crippen molar-refractivity contribution < 1.29 is 4.79 Å². The van der Waals surface area contributed by atoms with E-state index in [-0.39, 0.29) is 5.91 Å². The highest BCUT2D eigenvalue weighted by molar-refractivity contribution is 6.03. The molecular weight excluding hydrogens is 288 g/mol. The van der Waals surface area contributed by atoms with Crippen LogP contribution in [0.2, 0.25) is 0 Å². The maximum atomic E-state index is 12.3. The van der Waals surface area contributed by atoms with Crippen LogP contribution in [0.5, 0.6) is 0 Å². The molecule has 1 amide bonds. The number of amides is 1. The largest absolute Gasteiger partial charge is 0.366 e. The van der Waals surface area contributed by atoms with Gasteiger partial charge in [-0.25, -0.2) is 9.97 Å². The maximum absolute atomic E-state index is 12.3. The Morgan fingerprint density at radius 1 is 1.09 bits per heavy atom. The van der Waals surface area contributed by atoms with Gasteiger partial charge in [0.25, 0.3) is 5.91 Å². The van der Waals surface area contributed by atoms with Gasteiger partial charge in [0.05, 0.1) is 12.4 Å². The van der Waals surface area contributed by atoms with Crippen molar-refractivity contribution in [1.29, 1.82) is 0 Å². The van der Waals surface area contributed by atoms with Crippen molar-refractivity contribution in [3.8, 4) is 0 Å². The molecule has 2 N–H and O–H groups in total. The smallest absolute Gasteiger partial charge is 0.275 e. The molecule has 1 aliphatic rings. The molecule has 1 fully saturated rings. The number of hydrogen-bond acceptors (Lipinski definition) is 4. The van der Waals surface area contributed by atoms with E-state index in [4.69, 9.17) is 0 Å². The van der Waals surface area contributed by atoms with E-state index in [0.29, 0.717) is 11.7 Å². The standard InChI is InChI=1S/C18H22N4O/c1-12-6-5-7-13(2)17(12)22-18(23)15-10-20-16(11-19-15)21-14-8-3-4-9-14/h5-7,10-11,14H,3-4,8-9H2,1-2H3,(H,20,21)(H,22,23). The highest BCUT2D eigenvalue weighted by Gasteiger charge is 2.16. The highest BCUT2D eigenvalue weighted by atomic mass is 16.1. The molecule has 5 nitrogen and oxygen atoms in total. The third-order valence-corrected chi connectivity index (χ3v) is 4.31. The molecule has 0 aliphatic heterocycles. The second kappa shape index (κ2) is 6.77. The molecule has 3 rings (SSSR count). The van der Waals surface area contributed by atoms with Crippen LogP contribution < -0.4 is 10.6 Å². The molecule has 0 atom stereocenters. The normalized spacial score (nSPS) is 14.7. The van der Waals surface area contributed by atoms with Crippen molar-refractivity contribution >= 4 is 17.4 Å². The summed E-state index contributed by atoms with van der Waals surface area (Å²) in [6.45, 7) is 3.95. The van der Waals surface area contributed by atoms with E-state index in [1.54, 1.807) is 6.20 Å². The number of aromatic nitrogens is 2. The molecule has 1 aromatic heterocycles. The Morgan fingerprint density at radius 3 is 2.39 bits per heavy atom. The van der Waals surface area contributed by atoms with E-state index in [9.17, 15) is 4.79 Å². The van der Waals surface area contributed by atoms with Gasteiger partial charge in [-0.05, 0) is 37.8 Å². The van der Waals surface area contributed by atoms with Gasteiger partial charge in [0.15, 0.2) is 0 Å². The zero-order valence-corrected chi connectivity index (χ0v) is 13.6. The molecule has 0 radical (unpaired) electrons. The van der Waals surface area contributed by atoms with E-state index >= 15 is 0 Å². The van der Waals surface area contributed by atoms with Gasteiger partial charge in [-0.3, -0.25) is 4.79 Å². The monoisotopic (exact) mass is 310 g/mol. The Morgan fingerprint density at radius 2 is 1.78 bits per heavy atom. The van der Waals surface area contributed by atoms with Crippen molar-refractivity contribution in [2.45, 2.75) is 45.6 Å². The minimum atomic E-state index is -0.234. The molecule has 0 spiro atoms. The summed E-state index contributed by atoms with van der Waals surface area (Å²) in [4.78, 5) is 20.9. The summed E-state index contributed by atoms with van der Waals surface area (Å²) in [6, 6.07) is 6.41. The summed E-state index contributed by atoms with van der Waals surface area (Å²) in [5.74, 6) is 0.503. The highest BCUT2D eigenvalue weighted by Crippen LogP contribution is 2.22. The van der Waals surface area contributed by atoms with Crippen LogP contribution in [0, 0.1) is 13.8 Å². The fourth-order valence-corrected chi connectivity index (χ4v) is 2.99. The molecule has 23 heavy (non-hydrogen) atoms. The molecule has 0 bridgehead atoms. The first-order valence-corrected chi connectivity index (χ1v) is 8.09. The second-order valence-electron chi connectivity index (χ2n) is 6.13. The fraction of sp³-hybridized carbons (Fsp3) is 0.389. The van der Waals surface area contributed by atoms with E-state index in [1.165, 1.54) is 31.9 Å². The SMILES string of the molecule is Cc1cccc(C)c1NC(=O)c1cnc(NC2CCCC2)cn1. The molecule has 1 saturated carbocycles. The number of carbonyl (C=O) groups is 1. The molecule has 5 heteroatoms. The van der Waals surface area contributed by atoms with Crippen molar-refractivity contribution in [2.75, 3.05) is 10.6 Å². The van der Waals surface area contributed by atoms with E-state index < -0.39 is 0 Å². The molecule has 0 unspecified atom stereocenters. The Hall–Kier alpha value is -2.43. The number of para-hydroxylation sites is 1. The molecule has 0 saturated heterocycles. The Bertz CT molecular complexity index is 670. The van der Waals surface area contributed by atoms with Crippen molar-refractivity contribution in [2.24, 2.45) is 0 Å². The van der Waals surface area contributed by atoms with Crippen molar-refractivity contribution in [1.82, 2.24) is 9.97 Å². The topological polar surface area (TPSA) is 66.9 Å². The van der Waals surface area contributed by atoms with Gasteiger partial charge in [-0.2, -0.15) is 0 Å². The summed E-state index contributed by atoms with van der Waals surface area (Å²) >= 11 is 0. The van der Waals surface area contributed by atoms with Crippen LogP contribution in [0.3, 0.4) is 0 Å². The number of aryl methyl sites for hydroxylation is 2. The Kier molecular flexibility index (Phi) is 4.55. The second-order valence-corrected chi connectivity index (χ2v) is 6.13. The van der Waals surface area contributed by atoms with Crippen LogP contribution in [-0.2, 0) is 0 Å². The third-order valence-electron chi connectivity index (χ3n) is 4.31. The average Bonchev–Trinajstić information content (AvgIpc) is 3.04. The third kappa shape index (κ3) is 3.67. The predicted molar refractivity (Wildman–Crippen MR) is 91.8 cm³/mol. The Balaban J connectivity index is 1.67. The number of nitrogens with zero attached hydrogens (tertiary/aromatic N) is 2. The van der Waals surface area contributed by atoms with Crippen LogP contribution in [0.15, 0.2) is 30.6 Å². The van der Waals surface area contributed by atoms with Crippen LogP contribution in [0.25, 0.3) is 0 Å². The fourth-order valence-electron chi connectivity index (χ4n) is 2.99. The first-order valence-electron chi connectivity index (χ1n) is 8.09. The van der Waals surface area contributed by atoms with Gasteiger partial charge in [0.1, 0.15) is 11.5 Å². The first kappa shape index (κ1) is 15.5. The Labute approximate surface area is 136 Å². The summed E-state index contributed by atoms with van der Waals surface area (Å²) in [6.07, 6.45) is 8.05. The lowest BCUT2D eigenvalue weighted by atomic mass is 10.1. The van der Waals surface area contributed by atoms with Gasteiger partial charge in [0.2, 0.25) is 0 Å². The lowest BCUT2D eigenvalue weighted by molar-refractivity contribution is 0.102. The number of rotatable bonds is 4. The van der Waals surface area contributed by atoms with Gasteiger partial charge >= 0.3 is 0 Å². The zero-order chi connectivity index (χ0) is 16.2. The van der Waals surface area contributed by atoms with E-state index in [1.807, 2.05) is 32.0 Å². The molecule has 120 valence electrons. The number of hydrogen-bond donors (Lipinski definition) is 2. The lowest BCUT2D eigenvalue weighted by Crippen LogP contribution is -2.18. The summed E-state index contributed by atoms with van der Waals surface area (Å²) in [5, 5.41) is 6.30. The number of anilines is 2. The predicted octanol–water partition coefficient (Wildman–Crippen LogP) is 3.70. The van der Waals surface area contributed by atoms with Crippen molar-refractivity contribution in [3.63, 3.8) is 0 Å². The maximum Gasteiger partial charge on any atom is 0.275 e. The zero-order valence-electron chi connectivity index (χ0n) is 13.6. The molecule has 1 aromatic carbocycles. The van der Waals surface area contributed by atoms with Gasteiger partial charge < -0.3 is 10.6 Å². The van der Waals surface area contributed by atoms with Crippen molar-refractivity contribution in [3.05, 3.63) is 47.4 Å².